The summed E-state index contributed by atoms with van der Waals surface area (Å²) >= 11 is 1.72. The van der Waals surface area contributed by atoms with Gasteiger partial charge in [0.25, 0.3) is 0 Å². The average Bonchev–Trinajstić information content (AvgIpc) is 3.21. The van der Waals surface area contributed by atoms with Crippen LogP contribution in [0.5, 0.6) is 0 Å². The normalized spacial score (nSPS) is 29.3. The number of amides is 1. The van der Waals surface area contributed by atoms with Gasteiger partial charge in [-0.25, -0.2) is 0 Å². The number of nitrogens with zero attached hydrogens (tertiary/aromatic N) is 3. The molecule has 0 spiro atoms. The first-order valence-electron chi connectivity index (χ1n) is 7.88. The largest absolute Gasteiger partial charge is 0.348 e. The predicted molar refractivity (Wildman–Crippen MR) is 96.0 cm³/mol. The topological polar surface area (TPSA) is 71.8 Å². The SMILES string of the molecule is CN1C(=N)N[C@](C)(C2CN3C=C(c4cccs4)C=CC3=N2)CC1=O. The number of allylic oxidation sites excluding steroid dienone is 2. The molecule has 1 aromatic heterocycles. The van der Waals surface area contributed by atoms with Crippen molar-refractivity contribution in [3.05, 3.63) is 40.7 Å². The van der Waals surface area contributed by atoms with Crippen molar-refractivity contribution in [2.45, 2.75) is 24.9 Å². The Morgan fingerprint density at radius 1 is 1.46 bits per heavy atom. The number of thiophene rings is 1. The van der Waals surface area contributed by atoms with Gasteiger partial charge in [-0.05, 0) is 30.5 Å². The van der Waals surface area contributed by atoms with Gasteiger partial charge < -0.3 is 10.2 Å². The molecule has 0 aromatic carbocycles. The maximum atomic E-state index is 12.2. The monoisotopic (exact) mass is 341 g/mol. The van der Waals surface area contributed by atoms with Crippen LogP contribution in [0.25, 0.3) is 5.57 Å². The van der Waals surface area contributed by atoms with Crippen molar-refractivity contribution < 1.29 is 4.79 Å². The minimum atomic E-state index is -0.532. The number of hydrogen-bond donors (Lipinski definition) is 2. The number of guanidine groups is 1. The highest BCUT2D eigenvalue weighted by atomic mass is 32.1. The van der Waals surface area contributed by atoms with E-state index in [9.17, 15) is 4.79 Å². The van der Waals surface area contributed by atoms with Gasteiger partial charge >= 0.3 is 0 Å². The van der Waals surface area contributed by atoms with E-state index < -0.39 is 5.54 Å². The molecule has 3 aliphatic heterocycles. The molecule has 24 heavy (non-hydrogen) atoms. The van der Waals surface area contributed by atoms with E-state index in [2.05, 4.69) is 33.9 Å². The van der Waals surface area contributed by atoms with Crippen LogP contribution in [0, 0.1) is 5.41 Å². The van der Waals surface area contributed by atoms with Crippen LogP contribution in [-0.2, 0) is 4.79 Å². The van der Waals surface area contributed by atoms with Crippen molar-refractivity contribution in [1.29, 1.82) is 5.41 Å². The van der Waals surface area contributed by atoms with Crippen LogP contribution in [0.3, 0.4) is 0 Å². The Morgan fingerprint density at radius 2 is 2.29 bits per heavy atom. The first-order chi connectivity index (χ1) is 11.5. The Balaban J connectivity index is 1.57. The number of aliphatic imine (C=N–C) groups is 1. The van der Waals surface area contributed by atoms with Gasteiger partial charge in [0.05, 0.1) is 18.0 Å². The molecule has 3 aliphatic rings. The summed E-state index contributed by atoms with van der Waals surface area (Å²) in [5.41, 5.74) is 0.644. The van der Waals surface area contributed by atoms with E-state index in [1.54, 1.807) is 18.4 Å². The highest BCUT2D eigenvalue weighted by Crippen LogP contribution is 2.31. The molecule has 4 heterocycles. The molecule has 2 N–H and O–H groups in total. The molecule has 7 heteroatoms. The molecule has 2 atom stereocenters. The maximum absolute atomic E-state index is 12.2. The third-order valence-corrected chi connectivity index (χ3v) is 5.75. The standard InChI is InChI=1S/C17H19N5OS/c1-17(8-15(23)21(2)16(18)20-17)13-10-22-9-11(5-6-14(22)19-13)12-4-3-7-24-12/h3-7,9,13H,8,10H2,1-2H3,(H2,18,20)/t13?,17-/m0/s1. The Kier molecular flexibility index (Phi) is 3.35. The number of amidine groups is 1. The molecule has 4 rings (SSSR count). The van der Waals surface area contributed by atoms with Crippen LogP contribution in [0.1, 0.15) is 18.2 Å². The van der Waals surface area contributed by atoms with Crippen molar-refractivity contribution in [1.82, 2.24) is 15.1 Å². The van der Waals surface area contributed by atoms with E-state index >= 15 is 0 Å². The van der Waals surface area contributed by atoms with E-state index in [1.165, 1.54) is 15.4 Å². The smallest absolute Gasteiger partial charge is 0.231 e. The van der Waals surface area contributed by atoms with Crippen LogP contribution >= 0.6 is 11.3 Å². The third-order valence-electron chi connectivity index (χ3n) is 4.83. The van der Waals surface area contributed by atoms with Crippen LogP contribution in [0.2, 0.25) is 0 Å². The van der Waals surface area contributed by atoms with Gasteiger partial charge in [0, 0.05) is 30.2 Å². The van der Waals surface area contributed by atoms with Crippen LogP contribution in [0.15, 0.2) is 40.9 Å². The third kappa shape index (κ3) is 2.36. The lowest BCUT2D eigenvalue weighted by molar-refractivity contribution is -0.129. The summed E-state index contributed by atoms with van der Waals surface area (Å²) in [6, 6.07) is 4.08. The fourth-order valence-electron chi connectivity index (χ4n) is 3.28. The molecule has 0 aliphatic carbocycles. The maximum Gasteiger partial charge on any atom is 0.231 e. The second-order valence-corrected chi connectivity index (χ2v) is 7.52. The predicted octanol–water partition coefficient (Wildman–Crippen LogP) is 1.89. The Labute approximate surface area is 144 Å². The second-order valence-electron chi connectivity index (χ2n) is 6.57. The highest BCUT2D eigenvalue weighted by molar-refractivity contribution is 7.11. The number of carbonyl (C=O) groups excluding carboxylic acids is 1. The van der Waals surface area contributed by atoms with Crippen molar-refractivity contribution in [3.63, 3.8) is 0 Å². The highest BCUT2D eigenvalue weighted by Gasteiger charge is 2.45. The van der Waals surface area contributed by atoms with Crippen molar-refractivity contribution in [3.8, 4) is 0 Å². The number of rotatable bonds is 2. The molecule has 6 nitrogen and oxygen atoms in total. The van der Waals surface area contributed by atoms with Crippen LogP contribution in [-0.4, -0.2) is 52.7 Å². The molecule has 0 radical (unpaired) electrons. The number of hydrogen-bond acceptors (Lipinski definition) is 5. The Bertz CT molecular complexity index is 774. The summed E-state index contributed by atoms with van der Waals surface area (Å²) < 4.78 is 0. The minimum Gasteiger partial charge on any atom is -0.348 e. The molecule has 1 aromatic rings. The quantitative estimate of drug-likeness (QED) is 0.863. The van der Waals surface area contributed by atoms with Gasteiger partial charge in [0.15, 0.2) is 5.96 Å². The van der Waals surface area contributed by atoms with E-state index in [1.807, 2.05) is 19.1 Å². The Morgan fingerprint density at radius 3 is 3.00 bits per heavy atom. The summed E-state index contributed by atoms with van der Waals surface area (Å²) in [6.45, 7) is 2.69. The number of fused-ring (bicyclic) bond motifs is 1. The zero-order chi connectivity index (χ0) is 16.9. The van der Waals surface area contributed by atoms with Crippen LogP contribution in [0.4, 0.5) is 0 Å². The lowest BCUT2D eigenvalue weighted by Crippen LogP contribution is -2.64. The zero-order valence-corrected chi connectivity index (χ0v) is 14.4. The first kappa shape index (κ1) is 15.1. The molecule has 1 fully saturated rings. The summed E-state index contributed by atoms with van der Waals surface area (Å²) in [5.74, 6) is 1.02. The summed E-state index contributed by atoms with van der Waals surface area (Å²) in [6.07, 6.45) is 6.57. The molecular weight excluding hydrogens is 322 g/mol. The van der Waals surface area contributed by atoms with E-state index in [0.717, 1.165) is 5.84 Å². The summed E-state index contributed by atoms with van der Waals surface area (Å²) in [4.78, 5) is 21.7. The molecule has 124 valence electrons. The first-order valence-corrected chi connectivity index (χ1v) is 8.76. The van der Waals surface area contributed by atoms with Crippen molar-refractivity contribution >= 4 is 34.6 Å². The summed E-state index contributed by atoms with van der Waals surface area (Å²) in [7, 11) is 1.62. The molecule has 1 unspecified atom stereocenters. The van der Waals surface area contributed by atoms with E-state index in [-0.39, 0.29) is 17.9 Å². The van der Waals surface area contributed by atoms with Crippen molar-refractivity contribution in [2.24, 2.45) is 4.99 Å². The molecular formula is C17H19N5OS. The fourth-order valence-corrected chi connectivity index (χ4v) is 3.99. The molecule has 0 saturated carbocycles. The van der Waals surface area contributed by atoms with E-state index in [4.69, 9.17) is 10.4 Å². The van der Waals surface area contributed by atoms with E-state index in [0.29, 0.717) is 13.0 Å². The lowest BCUT2D eigenvalue weighted by Gasteiger charge is -2.41. The minimum absolute atomic E-state index is 0.0447. The second kappa shape index (κ2) is 5.31. The number of carbonyl (C=O) groups is 1. The van der Waals surface area contributed by atoms with Gasteiger partial charge in [0.1, 0.15) is 5.84 Å². The van der Waals surface area contributed by atoms with Crippen molar-refractivity contribution in [2.75, 3.05) is 13.6 Å². The Hall–Kier alpha value is -2.41. The zero-order valence-electron chi connectivity index (χ0n) is 13.6. The van der Waals surface area contributed by atoms with Gasteiger partial charge in [0.2, 0.25) is 5.91 Å². The lowest BCUT2D eigenvalue weighted by atomic mass is 9.87. The fraction of sp³-hybridized carbons (Fsp3) is 0.353. The molecule has 0 bridgehead atoms. The van der Waals surface area contributed by atoms with Gasteiger partial charge in [-0.2, -0.15) is 0 Å². The number of nitrogens with one attached hydrogen (secondary N) is 2. The van der Waals surface area contributed by atoms with Crippen LogP contribution < -0.4 is 5.32 Å². The molecule has 1 amide bonds. The molecule has 1 saturated heterocycles. The van der Waals surface area contributed by atoms with Gasteiger partial charge in [-0.1, -0.05) is 6.07 Å². The van der Waals surface area contributed by atoms with Gasteiger partial charge in [-0.15, -0.1) is 11.3 Å². The van der Waals surface area contributed by atoms with Gasteiger partial charge in [-0.3, -0.25) is 20.1 Å². The average molecular weight is 341 g/mol. The summed E-state index contributed by atoms with van der Waals surface area (Å²) in [5, 5.41) is 13.2.